The van der Waals surface area contributed by atoms with Gasteiger partial charge in [-0.25, -0.2) is 4.98 Å². The van der Waals surface area contributed by atoms with E-state index >= 15 is 0 Å². The Morgan fingerprint density at radius 1 is 1.32 bits per heavy atom. The molecule has 5 heteroatoms. The van der Waals surface area contributed by atoms with E-state index in [1.165, 1.54) is 4.88 Å². The Kier molecular flexibility index (Phi) is 7.02. The number of amides is 1. The van der Waals surface area contributed by atoms with Crippen molar-refractivity contribution in [2.24, 2.45) is 0 Å². The minimum atomic E-state index is 0.229. The number of likely N-dealkylation sites (N-methyl/N-ethyl adjacent to an activating group) is 1. The molecule has 1 heterocycles. The first-order chi connectivity index (χ1) is 9.06. The van der Waals surface area contributed by atoms with Gasteiger partial charge < -0.3 is 4.90 Å². The van der Waals surface area contributed by atoms with Crippen molar-refractivity contribution in [3.05, 3.63) is 16.1 Å². The van der Waals surface area contributed by atoms with Crippen LogP contribution in [-0.2, 0) is 11.3 Å². The smallest absolute Gasteiger partial charge is 0.236 e. The minimum absolute atomic E-state index is 0.229. The second kappa shape index (κ2) is 8.27. The average Bonchev–Trinajstić information content (AvgIpc) is 2.74. The summed E-state index contributed by atoms with van der Waals surface area (Å²) in [6.07, 6.45) is 3.93. The lowest BCUT2D eigenvalue weighted by molar-refractivity contribution is -0.132. The Labute approximate surface area is 120 Å². The van der Waals surface area contributed by atoms with Gasteiger partial charge in [0.15, 0.2) is 0 Å². The van der Waals surface area contributed by atoms with Gasteiger partial charge in [-0.15, -0.1) is 11.3 Å². The summed E-state index contributed by atoms with van der Waals surface area (Å²) in [5, 5.41) is 1.08. The van der Waals surface area contributed by atoms with E-state index in [1.807, 2.05) is 25.1 Å². The Morgan fingerprint density at radius 3 is 2.42 bits per heavy atom. The molecule has 0 spiro atoms. The summed E-state index contributed by atoms with van der Waals surface area (Å²) < 4.78 is 0. The first-order valence-corrected chi connectivity index (χ1v) is 7.76. The predicted molar refractivity (Wildman–Crippen MR) is 80.3 cm³/mol. The molecule has 0 aliphatic rings. The molecule has 4 nitrogen and oxygen atoms in total. The molecule has 0 unspecified atom stereocenters. The summed E-state index contributed by atoms with van der Waals surface area (Å²) >= 11 is 1.69. The molecule has 0 aliphatic carbocycles. The summed E-state index contributed by atoms with van der Waals surface area (Å²) in [6, 6.07) is 0. The molecular weight excluding hydrogens is 258 g/mol. The summed E-state index contributed by atoms with van der Waals surface area (Å²) in [4.78, 5) is 21.7. The standard InChI is InChI=1S/C14H25N3OS/c1-5-7-17(8-6-2)14(18)11-16(4)10-13-9-15-12(3)19-13/h9H,5-8,10-11H2,1-4H3. The third-order valence-electron chi connectivity index (χ3n) is 2.84. The molecule has 0 N–H and O–H groups in total. The van der Waals surface area contributed by atoms with Gasteiger partial charge in [0, 0.05) is 30.7 Å². The van der Waals surface area contributed by atoms with Crippen LogP contribution in [0.25, 0.3) is 0 Å². The van der Waals surface area contributed by atoms with Gasteiger partial charge in [0.2, 0.25) is 5.91 Å². The zero-order valence-corrected chi connectivity index (χ0v) is 13.3. The molecule has 0 saturated heterocycles. The van der Waals surface area contributed by atoms with Gasteiger partial charge in [-0.05, 0) is 26.8 Å². The van der Waals surface area contributed by atoms with Gasteiger partial charge in [-0.1, -0.05) is 13.8 Å². The molecule has 0 bridgehead atoms. The summed E-state index contributed by atoms with van der Waals surface area (Å²) in [5.41, 5.74) is 0. The highest BCUT2D eigenvalue weighted by atomic mass is 32.1. The highest BCUT2D eigenvalue weighted by molar-refractivity contribution is 7.11. The first-order valence-electron chi connectivity index (χ1n) is 6.94. The van der Waals surface area contributed by atoms with Gasteiger partial charge in [0.25, 0.3) is 0 Å². The van der Waals surface area contributed by atoms with Crippen molar-refractivity contribution in [2.45, 2.75) is 40.2 Å². The van der Waals surface area contributed by atoms with Crippen molar-refractivity contribution >= 4 is 17.2 Å². The Balaban J connectivity index is 2.45. The number of nitrogens with zero attached hydrogens (tertiary/aromatic N) is 3. The van der Waals surface area contributed by atoms with E-state index in [1.54, 1.807) is 11.3 Å². The van der Waals surface area contributed by atoms with Crippen molar-refractivity contribution in [1.82, 2.24) is 14.8 Å². The maximum absolute atomic E-state index is 12.2. The van der Waals surface area contributed by atoms with Crippen LogP contribution in [0.5, 0.6) is 0 Å². The molecule has 1 aromatic heterocycles. The molecule has 0 saturated carbocycles. The van der Waals surface area contributed by atoms with E-state index in [2.05, 4.69) is 23.7 Å². The van der Waals surface area contributed by atoms with Gasteiger partial charge in [0.1, 0.15) is 0 Å². The molecule has 19 heavy (non-hydrogen) atoms. The van der Waals surface area contributed by atoms with Crippen molar-refractivity contribution in [1.29, 1.82) is 0 Å². The lowest BCUT2D eigenvalue weighted by Gasteiger charge is -2.24. The van der Waals surface area contributed by atoms with E-state index in [0.717, 1.165) is 37.5 Å². The van der Waals surface area contributed by atoms with Crippen LogP contribution in [0.15, 0.2) is 6.20 Å². The van der Waals surface area contributed by atoms with Crippen LogP contribution in [0, 0.1) is 6.92 Å². The Morgan fingerprint density at radius 2 is 1.95 bits per heavy atom. The molecule has 0 radical (unpaired) electrons. The van der Waals surface area contributed by atoms with Crippen molar-refractivity contribution in [3.8, 4) is 0 Å². The van der Waals surface area contributed by atoms with Gasteiger partial charge in [-0.3, -0.25) is 9.69 Å². The van der Waals surface area contributed by atoms with Gasteiger partial charge in [0.05, 0.1) is 11.6 Å². The van der Waals surface area contributed by atoms with Crippen molar-refractivity contribution in [3.63, 3.8) is 0 Å². The molecule has 0 atom stereocenters. The van der Waals surface area contributed by atoms with E-state index in [-0.39, 0.29) is 5.91 Å². The molecule has 1 amide bonds. The molecule has 1 aromatic rings. The monoisotopic (exact) mass is 283 g/mol. The SMILES string of the molecule is CCCN(CCC)C(=O)CN(C)Cc1cnc(C)s1. The minimum Gasteiger partial charge on any atom is -0.342 e. The summed E-state index contributed by atoms with van der Waals surface area (Å²) in [5.74, 6) is 0.229. The fourth-order valence-electron chi connectivity index (χ4n) is 2.03. The fourth-order valence-corrected chi connectivity index (χ4v) is 2.91. The largest absolute Gasteiger partial charge is 0.342 e. The van der Waals surface area contributed by atoms with Crippen LogP contribution in [-0.4, -0.2) is 47.4 Å². The van der Waals surface area contributed by atoms with Crippen LogP contribution in [0.3, 0.4) is 0 Å². The molecule has 1 rings (SSSR count). The van der Waals surface area contributed by atoms with Gasteiger partial charge in [-0.2, -0.15) is 0 Å². The highest BCUT2D eigenvalue weighted by Crippen LogP contribution is 2.13. The quantitative estimate of drug-likeness (QED) is 0.735. The number of aryl methyl sites for hydroxylation is 1. The lowest BCUT2D eigenvalue weighted by atomic mass is 10.3. The zero-order chi connectivity index (χ0) is 14.3. The van der Waals surface area contributed by atoms with Crippen LogP contribution < -0.4 is 0 Å². The van der Waals surface area contributed by atoms with Crippen LogP contribution in [0.1, 0.15) is 36.6 Å². The van der Waals surface area contributed by atoms with Crippen molar-refractivity contribution in [2.75, 3.05) is 26.7 Å². The number of hydrogen-bond acceptors (Lipinski definition) is 4. The van der Waals surface area contributed by atoms with Gasteiger partial charge >= 0.3 is 0 Å². The second-order valence-electron chi connectivity index (χ2n) is 4.90. The average molecular weight is 283 g/mol. The van der Waals surface area contributed by atoms with E-state index in [0.29, 0.717) is 6.54 Å². The number of carbonyl (C=O) groups excluding carboxylic acids is 1. The second-order valence-corrected chi connectivity index (χ2v) is 6.22. The van der Waals surface area contributed by atoms with E-state index < -0.39 is 0 Å². The molecular formula is C14H25N3OS. The zero-order valence-electron chi connectivity index (χ0n) is 12.5. The number of hydrogen-bond donors (Lipinski definition) is 0. The first kappa shape index (κ1) is 16.1. The van der Waals surface area contributed by atoms with Crippen LogP contribution in [0.4, 0.5) is 0 Å². The topological polar surface area (TPSA) is 36.4 Å². The van der Waals surface area contributed by atoms with Crippen molar-refractivity contribution < 1.29 is 4.79 Å². The van der Waals surface area contributed by atoms with Crippen LogP contribution >= 0.6 is 11.3 Å². The molecule has 0 fully saturated rings. The molecule has 108 valence electrons. The third-order valence-corrected chi connectivity index (χ3v) is 3.74. The maximum Gasteiger partial charge on any atom is 0.236 e. The molecule has 0 aliphatic heterocycles. The summed E-state index contributed by atoms with van der Waals surface area (Å²) in [7, 11) is 1.99. The number of rotatable bonds is 8. The Bertz CT molecular complexity index is 386. The lowest BCUT2D eigenvalue weighted by Crippen LogP contribution is -2.39. The normalized spacial score (nSPS) is 11.0. The fraction of sp³-hybridized carbons (Fsp3) is 0.714. The summed E-state index contributed by atoms with van der Waals surface area (Å²) in [6.45, 7) is 9.23. The third kappa shape index (κ3) is 5.70. The number of aromatic nitrogens is 1. The van der Waals surface area contributed by atoms with E-state index in [9.17, 15) is 4.79 Å². The molecule has 0 aromatic carbocycles. The highest BCUT2D eigenvalue weighted by Gasteiger charge is 2.14. The Hall–Kier alpha value is -0.940. The maximum atomic E-state index is 12.2. The predicted octanol–water partition coefficient (Wildman–Crippen LogP) is 2.53. The van der Waals surface area contributed by atoms with E-state index in [4.69, 9.17) is 0 Å². The van der Waals surface area contributed by atoms with Crippen LogP contribution in [0.2, 0.25) is 0 Å². The number of carbonyl (C=O) groups is 1. The number of thiazole rings is 1.